The van der Waals surface area contributed by atoms with E-state index in [1.807, 2.05) is 0 Å². The minimum Gasteiger partial charge on any atom is -0.330 e. The Morgan fingerprint density at radius 3 is 2.11 bits per heavy atom. The van der Waals surface area contributed by atoms with Crippen LogP contribution >= 0.6 is 0 Å². The van der Waals surface area contributed by atoms with Crippen LogP contribution in [0, 0.1) is 10.8 Å². The molecule has 1 N–H and O–H groups in total. The first-order valence-electron chi connectivity index (χ1n) is 7.39. The van der Waals surface area contributed by atoms with Gasteiger partial charge in [0.2, 0.25) is 0 Å². The molecule has 0 aromatic heterocycles. The topological polar surface area (TPSA) is 7.68 Å². The zero-order valence-electron chi connectivity index (χ0n) is 13.2. The molecule has 1 heterocycles. The molecule has 2 heteroatoms. The average Bonchev–Trinajstić information content (AvgIpc) is 2.17. The van der Waals surface area contributed by atoms with Gasteiger partial charge >= 0.3 is 0 Å². The maximum Gasteiger partial charge on any atom is 0.0956 e. The van der Waals surface area contributed by atoms with Crippen LogP contribution in [0.25, 0.3) is 0 Å². The average molecular weight is 253 g/mol. The van der Waals surface area contributed by atoms with Crippen LogP contribution in [-0.4, -0.2) is 44.2 Å². The summed E-state index contributed by atoms with van der Waals surface area (Å²) in [6.45, 7) is 23.1. The van der Waals surface area contributed by atoms with E-state index in [9.17, 15) is 0 Å². The van der Waals surface area contributed by atoms with E-state index in [0.717, 1.165) is 6.54 Å². The molecule has 1 fully saturated rings. The van der Waals surface area contributed by atoms with E-state index in [0.29, 0.717) is 10.8 Å². The monoisotopic (exact) mass is 253 g/mol. The number of rotatable bonds is 5. The van der Waals surface area contributed by atoms with Crippen molar-refractivity contribution in [3.05, 3.63) is 12.7 Å². The molecule has 0 aliphatic carbocycles. The van der Waals surface area contributed by atoms with E-state index in [2.05, 4.69) is 52.2 Å². The Bertz CT molecular complexity index is 255. The summed E-state index contributed by atoms with van der Waals surface area (Å²) >= 11 is 0. The standard InChI is InChI=1S/C16H32N2/c1-7-8-17-9-11-18(12-10-17)14-16(5,6)13-15(2,3)4/h7H,1,8-14H2,2-6H3/p+1. The molecule has 1 aliphatic heterocycles. The van der Waals surface area contributed by atoms with Crippen molar-refractivity contribution >= 4 is 0 Å². The summed E-state index contributed by atoms with van der Waals surface area (Å²) in [5.74, 6) is 0. The third-order valence-corrected chi connectivity index (χ3v) is 3.66. The fourth-order valence-electron chi connectivity index (χ4n) is 3.53. The lowest BCUT2D eigenvalue weighted by molar-refractivity contribution is -0.898. The summed E-state index contributed by atoms with van der Waals surface area (Å²) in [5.41, 5.74) is 0.855. The number of piperazine rings is 1. The summed E-state index contributed by atoms with van der Waals surface area (Å²) in [7, 11) is 0. The molecule has 0 radical (unpaired) electrons. The lowest BCUT2D eigenvalue weighted by Gasteiger charge is -2.39. The molecule has 0 spiro atoms. The molecule has 1 aliphatic rings. The van der Waals surface area contributed by atoms with Gasteiger partial charge < -0.3 is 4.90 Å². The van der Waals surface area contributed by atoms with Gasteiger partial charge in [0.05, 0.1) is 19.6 Å². The molecule has 2 nitrogen and oxygen atoms in total. The maximum atomic E-state index is 3.84. The lowest BCUT2D eigenvalue weighted by atomic mass is 9.76. The van der Waals surface area contributed by atoms with Crippen LogP contribution < -0.4 is 4.90 Å². The maximum absolute atomic E-state index is 3.84. The van der Waals surface area contributed by atoms with Crippen LogP contribution in [-0.2, 0) is 0 Å². The van der Waals surface area contributed by atoms with Gasteiger partial charge in [-0.1, -0.05) is 41.2 Å². The molecule has 0 amide bonds. The van der Waals surface area contributed by atoms with Gasteiger partial charge in [-0.15, -0.1) is 0 Å². The van der Waals surface area contributed by atoms with E-state index in [-0.39, 0.29) is 0 Å². The highest BCUT2D eigenvalue weighted by atomic mass is 15.3. The van der Waals surface area contributed by atoms with Crippen molar-refractivity contribution in [3.63, 3.8) is 0 Å². The second-order valence-electron chi connectivity index (χ2n) is 7.92. The van der Waals surface area contributed by atoms with Crippen LogP contribution in [0.5, 0.6) is 0 Å². The summed E-state index contributed by atoms with van der Waals surface area (Å²) in [6, 6.07) is 0. The Kier molecular flexibility index (Phi) is 5.42. The van der Waals surface area contributed by atoms with Crippen molar-refractivity contribution in [2.45, 2.75) is 41.0 Å². The second-order valence-corrected chi connectivity index (χ2v) is 7.92. The number of nitrogens with one attached hydrogen (secondary N) is 1. The number of quaternary nitrogens is 1. The third-order valence-electron chi connectivity index (χ3n) is 3.66. The summed E-state index contributed by atoms with van der Waals surface area (Å²) in [4.78, 5) is 4.34. The highest BCUT2D eigenvalue weighted by Gasteiger charge is 2.29. The van der Waals surface area contributed by atoms with Gasteiger partial charge in [-0.05, 0) is 23.3 Å². The van der Waals surface area contributed by atoms with Gasteiger partial charge in [-0.2, -0.15) is 0 Å². The van der Waals surface area contributed by atoms with Gasteiger partial charge in [0.25, 0.3) is 0 Å². The molecule has 0 unspecified atom stereocenters. The van der Waals surface area contributed by atoms with Crippen LogP contribution in [0.3, 0.4) is 0 Å². The van der Waals surface area contributed by atoms with E-state index in [1.165, 1.54) is 39.1 Å². The van der Waals surface area contributed by atoms with Crippen molar-refractivity contribution in [1.82, 2.24) is 4.90 Å². The Labute approximate surface area is 114 Å². The zero-order chi connectivity index (χ0) is 13.8. The molecule has 0 atom stereocenters. The lowest BCUT2D eigenvalue weighted by Crippen LogP contribution is -3.14. The van der Waals surface area contributed by atoms with Crippen LogP contribution in [0.2, 0.25) is 0 Å². The molecule has 1 rings (SSSR count). The minimum absolute atomic E-state index is 0.425. The zero-order valence-corrected chi connectivity index (χ0v) is 13.2. The Morgan fingerprint density at radius 1 is 1.11 bits per heavy atom. The molecule has 0 aromatic rings. The highest BCUT2D eigenvalue weighted by Crippen LogP contribution is 2.33. The van der Waals surface area contributed by atoms with E-state index < -0.39 is 0 Å². The van der Waals surface area contributed by atoms with Gasteiger partial charge in [0.15, 0.2) is 0 Å². The van der Waals surface area contributed by atoms with Crippen LogP contribution in [0.15, 0.2) is 12.7 Å². The smallest absolute Gasteiger partial charge is 0.0956 e. The van der Waals surface area contributed by atoms with Crippen LogP contribution in [0.1, 0.15) is 41.0 Å². The molecule has 0 aromatic carbocycles. The first-order valence-corrected chi connectivity index (χ1v) is 7.39. The first kappa shape index (κ1) is 15.7. The minimum atomic E-state index is 0.425. The molecule has 1 saturated heterocycles. The SMILES string of the molecule is C=CC[NH+]1CCN(CC(C)(C)CC(C)(C)C)CC1. The van der Waals surface area contributed by atoms with E-state index in [4.69, 9.17) is 0 Å². The van der Waals surface area contributed by atoms with Crippen molar-refractivity contribution in [2.24, 2.45) is 10.8 Å². The quantitative estimate of drug-likeness (QED) is 0.735. The Balaban J connectivity index is 2.37. The summed E-state index contributed by atoms with van der Waals surface area (Å²) in [5, 5.41) is 0. The van der Waals surface area contributed by atoms with Crippen molar-refractivity contribution < 1.29 is 4.90 Å². The fraction of sp³-hybridized carbons (Fsp3) is 0.875. The largest absolute Gasteiger partial charge is 0.330 e. The predicted octanol–water partition coefficient (Wildman–Crippen LogP) is 1.84. The van der Waals surface area contributed by atoms with Crippen molar-refractivity contribution in [3.8, 4) is 0 Å². The Morgan fingerprint density at radius 2 is 1.67 bits per heavy atom. The van der Waals surface area contributed by atoms with E-state index >= 15 is 0 Å². The van der Waals surface area contributed by atoms with Crippen molar-refractivity contribution in [1.29, 1.82) is 0 Å². The third kappa shape index (κ3) is 6.01. The summed E-state index contributed by atoms with van der Waals surface area (Å²) < 4.78 is 0. The van der Waals surface area contributed by atoms with Gasteiger partial charge in [-0.3, -0.25) is 4.90 Å². The van der Waals surface area contributed by atoms with Crippen molar-refractivity contribution in [2.75, 3.05) is 39.3 Å². The first-order chi connectivity index (χ1) is 8.22. The molecule has 0 saturated carbocycles. The normalized spacial score (nSPS) is 20.1. The molecular formula is C16H33N2+. The molecule has 0 bridgehead atoms. The van der Waals surface area contributed by atoms with E-state index in [1.54, 1.807) is 4.90 Å². The summed E-state index contributed by atoms with van der Waals surface area (Å²) in [6.07, 6.45) is 3.34. The number of hydrogen-bond acceptors (Lipinski definition) is 1. The fourth-order valence-corrected chi connectivity index (χ4v) is 3.53. The van der Waals surface area contributed by atoms with Gasteiger partial charge in [0, 0.05) is 19.6 Å². The van der Waals surface area contributed by atoms with Gasteiger partial charge in [-0.25, -0.2) is 0 Å². The molecule has 106 valence electrons. The number of nitrogens with zero attached hydrogens (tertiary/aromatic N) is 1. The number of hydrogen-bond donors (Lipinski definition) is 1. The predicted molar refractivity (Wildman–Crippen MR) is 80.1 cm³/mol. The highest BCUT2D eigenvalue weighted by molar-refractivity contribution is 4.80. The Hall–Kier alpha value is -0.340. The van der Waals surface area contributed by atoms with Crippen LogP contribution in [0.4, 0.5) is 0 Å². The molecule has 18 heavy (non-hydrogen) atoms. The second kappa shape index (κ2) is 6.21. The molecular weight excluding hydrogens is 220 g/mol. The van der Waals surface area contributed by atoms with Gasteiger partial charge in [0.1, 0.15) is 0 Å².